The lowest BCUT2D eigenvalue weighted by atomic mass is 9.28. The Labute approximate surface area is 219 Å². The van der Waals surface area contributed by atoms with Crippen LogP contribution >= 0.6 is 0 Å². The smallest absolute Gasteiger partial charge is 0.121 e. The summed E-state index contributed by atoms with van der Waals surface area (Å²) in [7, 11) is 0. The SMILES string of the molecule is Cc1cc(C23CC4(c5cc(C)c(O)c(C)c5)CC(C(C)(C)C)(C2)CC(C(C)(C)C)(C3)C4)cc(C)c1O. The summed E-state index contributed by atoms with van der Waals surface area (Å²) in [6.07, 6.45) is 7.35. The first-order valence-corrected chi connectivity index (χ1v) is 14.0. The molecule has 0 radical (unpaired) electrons. The number of phenols is 2. The molecule has 0 spiro atoms. The van der Waals surface area contributed by atoms with Gasteiger partial charge in [0.25, 0.3) is 0 Å². The molecule has 4 bridgehead atoms. The average Bonchev–Trinajstić information content (AvgIpc) is 2.72. The first-order chi connectivity index (χ1) is 16.4. The van der Waals surface area contributed by atoms with Crippen molar-refractivity contribution in [3.63, 3.8) is 0 Å². The summed E-state index contributed by atoms with van der Waals surface area (Å²) in [6.45, 7) is 23.2. The van der Waals surface area contributed by atoms with Gasteiger partial charge in [-0.05, 0) is 132 Å². The molecule has 2 N–H and O–H groups in total. The van der Waals surface area contributed by atoms with Crippen molar-refractivity contribution in [2.24, 2.45) is 21.7 Å². The van der Waals surface area contributed by atoms with E-state index in [1.165, 1.54) is 43.2 Å². The fourth-order valence-corrected chi connectivity index (χ4v) is 9.36. The minimum absolute atomic E-state index is 0.0816. The molecule has 0 heterocycles. The van der Waals surface area contributed by atoms with Gasteiger partial charge in [0, 0.05) is 0 Å². The zero-order valence-electron chi connectivity index (χ0n) is 24.4. The molecule has 2 nitrogen and oxygen atoms in total. The summed E-state index contributed by atoms with van der Waals surface area (Å²) in [4.78, 5) is 0. The molecule has 4 fully saturated rings. The lowest BCUT2D eigenvalue weighted by molar-refractivity contribution is -0.214. The van der Waals surface area contributed by atoms with Crippen LogP contribution in [0.1, 0.15) is 113 Å². The third-order valence-corrected chi connectivity index (χ3v) is 11.4. The predicted molar refractivity (Wildman–Crippen MR) is 150 cm³/mol. The topological polar surface area (TPSA) is 40.5 Å². The zero-order chi connectivity index (χ0) is 26.7. The van der Waals surface area contributed by atoms with Crippen molar-refractivity contribution in [2.45, 2.75) is 119 Å². The van der Waals surface area contributed by atoms with Gasteiger partial charge in [-0.25, -0.2) is 0 Å². The lowest BCUT2D eigenvalue weighted by Crippen LogP contribution is -2.69. The van der Waals surface area contributed by atoms with E-state index in [-0.39, 0.29) is 32.5 Å². The molecule has 0 saturated heterocycles. The molecule has 6 rings (SSSR count). The monoisotopic (exact) mass is 488 g/mol. The zero-order valence-corrected chi connectivity index (χ0v) is 24.4. The maximum absolute atomic E-state index is 10.7. The van der Waals surface area contributed by atoms with Gasteiger partial charge < -0.3 is 10.2 Å². The summed E-state index contributed by atoms with van der Waals surface area (Å²) in [5.41, 5.74) is 7.87. The van der Waals surface area contributed by atoms with E-state index in [0.717, 1.165) is 28.7 Å². The summed E-state index contributed by atoms with van der Waals surface area (Å²) in [6, 6.07) is 9.23. The van der Waals surface area contributed by atoms with Crippen LogP contribution in [0.4, 0.5) is 0 Å². The number of phenolic OH excluding ortho intramolecular Hbond substituents is 2. The van der Waals surface area contributed by atoms with Crippen molar-refractivity contribution in [3.8, 4) is 11.5 Å². The second-order valence-corrected chi connectivity index (χ2v) is 15.6. The van der Waals surface area contributed by atoms with E-state index in [0.29, 0.717) is 11.5 Å². The highest BCUT2D eigenvalue weighted by Crippen LogP contribution is 2.80. The van der Waals surface area contributed by atoms with E-state index in [2.05, 4.69) is 93.5 Å². The van der Waals surface area contributed by atoms with Crippen LogP contribution in [0.25, 0.3) is 0 Å². The molecule has 2 aromatic carbocycles. The van der Waals surface area contributed by atoms with E-state index in [9.17, 15) is 10.2 Å². The van der Waals surface area contributed by atoms with Crippen molar-refractivity contribution >= 4 is 0 Å². The lowest BCUT2D eigenvalue weighted by Gasteiger charge is -2.76. The Hall–Kier alpha value is -1.96. The Morgan fingerprint density at radius 2 is 0.778 bits per heavy atom. The number of aromatic hydroxyl groups is 2. The van der Waals surface area contributed by atoms with Crippen molar-refractivity contribution < 1.29 is 10.2 Å². The molecular formula is C34H48O2. The Morgan fingerprint density at radius 3 is 1.03 bits per heavy atom. The van der Waals surface area contributed by atoms with Gasteiger partial charge in [0.1, 0.15) is 11.5 Å². The summed E-state index contributed by atoms with van der Waals surface area (Å²) in [5, 5.41) is 21.3. The number of hydrogen-bond donors (Lipinski definition) is 2. The van der Waals surface area contributed by atoms with E-state index in [1.807, 2.05) is 0 Å². The quantitative estimate of drug-likeness (QED) is 0.443. The van der Waals surface area contributed by atoms with Gasteiger partial charge in [0.05, 0.1) is 0 Å². The third-order valence-electron chi connectivity index (χ3n) is 11.4. The molecule has 4 aliphatic carbocycles. The van der Waals surface area contributed by atoms with Crippen LogP contribution < -0.4 is 0 Å². The molecule has 4 saturated carbocycles. The van der Waals surface area contributed by atoms with Gasteiger partial charge in [-0.15, -0.1) is 0 Å². The Bertz CT molecular complexity index is 1080. The highest BCUT2D eigenvalue weighted by Gasteiger charge is 2.72. The first-order valence-electron chi connectivity index (χ1n) is 14.0. The average molecular weight is 489 g/mol. The van der Waals surface area contributed by atoms with Crippen molar-refractivity contribution in [1.82, 2.24) is 0 Å². The molecule has 36 heavy (non-hydrogen) atoms. The summed E-state index contributed by atoms with van der Waals surface area (Å²) in [5.74, 6) is 0.887. The first kappa shape index (κ1) is 25.7. The van der Waals surface area contributed by atoms with Gasteiger partial charge >= 0.3 is 0 Å². The maximum Gasteiger partial charge on any atom is 0.121 e. The molecule has 0 amide bonds. The molecular weight excluding hydrogens is 440 g/mol. The molecule has 2 heteroatoms. The van der Waals surface area contributed by atoms with E-state index >= 15 is 0 Å². The third kappa shape index (κ3) is 3.35. The molecule has 4 aliphatic rings. The fourth-order valence-electron chi connectivity index (χ4n) is 9.36. The Kier molecular flexibility index (Phi) is 5.23. The van der Waals surface area contributed by atoms with Crippen LogP contribution in [0.3, 0.4) is 0 Å². The van der Waals surface area contributed by atoms with E-state index in [4.69, 9.17) is 0 Å². The van der Waals surface area contributed by atoms with Crippen molar-refractivity contribution in [3.05, 3.63) is 57.6 Å². The molecule has 0 aromatic heterocycles. The van der Waals surface area contributed by atoms with Crippen LogP contribution in [0, 0.1) is 49.4 Å². The molecule has 2 aromatic rings. The Morgan fingerprint density at radius 1 is 0.500 bits per heavy atom. The normalized spacial score (nSPS) is 33.8. The summed E-state index contributed by atoms with van der Waals surface area (Å²) >= 11 is 0. The van der Waals surface area contributed by atoms with Gasteiger partial charge in [0.15, 0.2) is 0 Å². The van der Waals surface area contributed by atoms with Crippen LogP contribution in [0.2, 0.25) is 0 Å². The maximum atomic E-state index is 10.7. The standard InChI is InChI=1S/C34H48O2/c1-21-11-25(12-22(2)27(21)35)31-15-32(26-13-23(3)28(36)24(4)14-26)18-33(16-31,29(5,6)7)20-34(17-31,19-32)30(8,9)10/h11-14,35-36H,15-20H2,1-10H3. The van der Waals surface area contributed by atoms with E-state index < -0.39 is 0 Å². The van der Waals surface area contributed by atoms with Gasteiger partial charge in [-0.1, -0.05) is 65.8 Å². The number of rotatable bonds is 2. The molecule has 0 unspecified atom stereocenters. The molecule has 0 atom stereocenters. The molecule has 196 valence electrons. The fraction of sp³-hybridized carbons (Fsp3) is 0.647. The number of aryl methyl sites for hydroxylation is 4. The highest BCUT2D eigenvalue weighted by atomic mass is 16.3. The van der Waals surface area contributed by atoms with Gasteiger partial charge in [0.2, 0.25) is 0 Å². The van der Waals surface area contributed by atoms with Crippen molar-refractivity contribution in [1.29, 1.82) is 0 Å². The summed E-state index contributed by atoms with van der Waals surface area (Å²) < 4.78 is 0. The highest BCUT2D eigenvalue weighted by molar-refractivity contribution is 5.50. The van der Waals surface area contributed by atoms with Crippen LogP contribution in [-0.2, 0) is 10.8 Å². The second-order valence-electron chi connectivity index (χ2n) is 15.6. The largest absolute Gasteiger partial charge is 0.507 e. The minimum Gasteiger partial charge on any atom is -0.507 e. The second kappa shape index (κ2) is 7.33. The number of hydrogen-bond acceptors (Lipinski definition) is 2. The van der Waals surface area contributed by atoms with Gasteiger partial charge in [-0.2, -0.15) is 0 Å². The number of benzene rings is 2. The van der Waals surface area contributed by atoms with E-state index in [1.54, 1.807) is 0 Å². The predicted octanol–water partition coefficient (Wildman–Crippen LogP) is 8.95. The van der Waals surface area contributed by atoms with Crippen LogP contribution in [0.5, 0.6) is 11.5 Å². The van der Waals surface area contributed by atoms with Crippen molar-refractivity contribution in [2.75, 3.05) is 0 Å². The van der Waals surface area contributed by atoms with Crippen LogP contribution in [-0.4, -0.2) is 10.2 Å². The van der Waals surface area contributed by atoms with Gasteiger partial charge in [-0.3, -0.25) is 0 Å². The Balaban J connectivity index is 1.84. The molecule has 0 aliphatic heterocycles. The van der Waals surface area contributed by atoms with Crippen LogP contribution in [0.15, 0.2) is 24.3 Å². The minimum atomic E-state index is 0.0816.